The Kier molecular flexibility index (Phi) is 5.05. The number of aliphatic hydroxyl groups excluding tert-OH is 1. The number of nitrogens with one attached hydrogen (secondary N) is 1. The molecule has 1 unspecified atom stereocenters. The Hall–Kier alpha value is -0.610. The first-order valence-corrected chi connectivity index (χ1v) is 5.86. The maximum atomic E-state index is 11.8. The second-order valence-corrected chi connectivity index (χ2v) is 4.08. The van der Waals surface area contributed by atoms with E-state index in [2.05, 4.69) is 5.32 Å². The van der Waals surface area contributed by atoms with Crippen LogP contribution in [0.5, 0.6) is 0 Å². The Balaban J connectivity index is 2.27. The number of nitrogens with zero attached hydrogens (tertiary/aromatic N) is 1. The van der Waals surface area contributed by atoms with Crippen molar-refractivity contribution in [2.45, 2.75) is 45.2 Å². The molecular formula is C11H22N2O2. The third kappa shape index (κ3) is 3.80. The topological polar surface area (TPSA) is 52.6 Å². The van der Waals surface area contributed by atoms with Gasteiger partial charge in [-0.1, -0.05) is 6.92 Å². The smallest absolute Gasteiger partial charge is 0.236 e. The molecule has 2 N–H and O–H groups in total. The van der Waals surface area contributed by atoms with Gasteiger partial charge in [0.2, 0.25) is 5.91 Å². The minimum atomic E-state index is 0.0480. The van der Waals surface area contributed by atoms with Crippen molar-refractivity contribution >= 4 is 5.91 Å². The van der Waals surface area contributed by atoms with Crippen LogP contribution in [0.25, 0.3) is 0 Å². The summed E-state index contributed by atoms with van der Waals surface area (Å²) < 4.78 is 0. The maximum Gasteiger partial charge on any atom is 0.236 e. The molecule has 0 saturated heterocycles. The number of carbonyl (C=O) groups excluding carboxylic acids is 1. The zero-order valence-corrected chi connectivity index (χ0v) is 9.70. The predicted octanol–water partition coefficient (Wildman–Crippen LogP) is 0.358. The lowest BCUT2D eigenvalue weighted by atomic mass is 10.2. The number of hydrogen-bond acceptors (Lipinski definition) is 3. The highest BCUT2D eigenvalue weighted by atomic mass is 16.3. The highest BCUT2D eigenvalue weighted by Crippen LogP contribution is 2.26. The summed E-state index contributed by atoms with van der Waals surface area (Å²) in [6.07, 6.45) is 3.15. The van der Waals surface area contributed by atoms with E-state index in [0.717, 1.165) is 25.8 Å². The third-order valence-electron chi connectivity index (χ3n) is 2.90. The minimum absolute atomic E-state index is 0.0480. The number of amides is 1. The molecule has 88 valence electrons. The number of likely N-dealkylation sites (N-methyl/N-ethyl adjacent to an activating group) is 1. The second kappa shape index (κ2) is 6.08. The summed E-state index contributed by atoms with van der Waals surface area (Å²) in [5.74, 6) is 0.159. The van der Waals surface area contributed by atoms with E-state index in [1.54, 1.807) is 0 Å². The van der Waals surface area contributed by atoms with Crippen molar-refractivity contribution in [3.63, 3.8) is 0 Å². The summed E-state index contributed by atoms with van der Waals surface area (Å²) in [4.78, 5) is 13.7. The van der Waals surface area contributed by atoms with E-state index >= 15 is 0 Å². The Morgan fingerprint density at radius 1 is 1.53 bits per heavy atom. The van der Waals surface area contributed by atoms with Crippen LogP contribution < -0.4 is 5.32 Å². The summed E-state index contributed by atoms with van der Waals surface area (Å²) in [6, 6.07) is 0.533. The van der Waals surface area contributed by atoms with E-state index < -0.39 is 0 Å². The molecule has 1 aliphatic carbocycles. The highest BCUT2D eigenvalue weighted by Gasteiger charge is 2.30. The molecule has 0 aromatic heterocycles. The van der Waals surface area contributed by atoms with Gasteiger partial charge in [-0.25, -0.2) is 0 Å². The molecule has 0 bridgehead atoms. The summed E-state index contributed by atoms with van der Waals surface area (Å²) in [6.45, 7) is 5.25. The van der Waals surface area contributed by atoms with Crippen molar-refractivity contribution in [3.8, 4) is 0 Å². The van der Waals surface area contributed by atoms with Crippen LogP contribution in [0.4, 0.5) is 0 Å². The Labute approximate surface area is 91.6 Å². The zero-order chi connectivity index (χ0) is 11.3. The molecule has 1 rings (SSSR count). The number of rotatable bonds is 7. The van der Waals surface area contributed by atoms with E-state index in [0.29, 0.717) is 12.6 Å². The van der Waals surface area contributed by atoms with Gasteiger partial charge in [-0.15, -0.1) is 0 Å². The number of carbonyl (C=O) groups is 1. The van der Waals surface area contributed by atoms with Crippen molar-refractivity contribution in [1.82, 2.24) is 10.2 Å². The van der Waals surface area contributed by atoms with Crippen LogP contribution in [0.3, 0.4) is 0 Å². The molecule has 1 amide bonds. The molecular weight excluding hydrogens is 192 g/mol. The van der Waals surface area contributed by atoms with Crippen molar-refractivity contribution in [2.75, 3.05) is 19.7 Å². The highest BCUT2D eigenvalue weighted by molar-refractivity contribution is 5.78. The standard InChI is InChI=1S/C11H22N2O2/c1-3-9(8-14)12-7-11(15)13(4-2)10-5-6-10/h9-10,12,14H,3-8H2,1-2H3. The SMILES string of the molecule is CCC(CO)NCC(=O)N(CC)C1CC1. The van der Waals surface area contributed by atoms with Gasteiger partial charge in [0, 0.05) is 18.6 Å². The molecule has 1 saturated carbocycles. The normalized spacial score (nSPS) is 17.5. The minimum Gasteiger partial charge on any atom is -0.395 e. The lowest BCUT2D eigenvalue weighted by Crippen LogP contribution is -2.43. The van der Waals surface area contributed by atoms with E-state index in [-0.39, 0.29) is 18.6 Å². The molecule has 1 aliphatic rings. The van der Waals surface area contributed by atoms with Gasteiger partial charge < -0.3 is 15.3 Å². The molecule has 0 aliphatic heterocycles. The first-order chi connectivity index (χ1) is 7.22. The monoisotopic (exact) mass is 214 g/mol. The van der Waals surface area contributed by atoms with Crippen molar-refractivity contribution in [2.24, 2.45) is 0 Å². The molecule has 0 spiro atoms. The van der Waals surface area contributed by atoms with Gasteiger partial charge in [-0.05, 0) is 26.2 Å². The Morgan fingerprint density at radius 3 is 2.60 bits per heavy atom. The predicted molar refractivity (Wildman–Crippen MR) is 59.6 cm³/mol. The van der Waals surface area contributed by atoms with Crippen LogP contribution >= 0.6 is 0 Å². The second-order valence-electron chi connectivity index (χ2n) is 4.08. The lowest BCUT2D eigenvalue weighted by molar-refractivity contribution is -0.130. The van der Waals surface area contributed by atoms with Crippen LogP contribution in [-0.4, -0.2) is 47.7 Å². The molecule has 0 radical (unpaired) electrons. The molecule has 4 nitrogen and oxygen atoms in total. The van der Waals surface area contributed by atoms with Crippen LogP contribution in [0, 0.1) is 0 Å². The quantitative estimate of drug-likeness (QED) is 0.643. The fourth-order valence-corrected chi connectivity index (χ4v) is 1.70. The first-order valence-electron chi connectivity index (χ1n) is 5.86. The average molecular weight is 214 g/mol. The van der Waals surface area contributed by atoms with Crippen LogP contribution in [-0.2, 0) is 4.79 Å². The van der Waals surface area contributed by atoms with E-state index in [9.17, 15) is 4.79 Å². The fourth-order valence-electron chi connectivity index (χ4n) is 1.70. The summed E-state index contributed by atoms with van der Waals surface area (Å²) in [5.41, 5.74) is 0. The van der Waals surface area contributed by atoms with Gasteiger partial charge in [-0.2, -0.15) is 0 Å². The summed E-state index contributed by atoms with van der Waals surface area (Å²) in [7, 11) is 0. The van der Waals surface area contributed by atoms with Gasteiger partial charge >= 0.3 is 0 Å². The lowest BCUT2D eigenvalue weighted by Gasteiger charge is -2.22. The fraction of sp³-hybridized carbons (Fsp3) is 0.909. The molecule has 1 atom stereocenters. The van der Waals surface area contributed by atoms with Crippen molar-refractivity contribution in [3.05, 3.63) is 0 Å². The van der Waals surface area contributed by atoms with Gasteiger partial charge in [0.05, 0.1) is 13.2 Å². The van der Waals surface area contributed by atoms with E-state index in [4.69, 9.17) is 5.11 Å². The molecule has 0 aromatic rings. The van der Waals surface area contributed by atoms with E-state index in [1.165, 1.54) is 0 Å². The molecule has 15 heavy (non-hydrogen) atoms. The van der Waals surface area contributed by atoms with Crippen LogP contribution in [0.2, 0.25) is 0 Å². The molecule has 0 aromatic carbocycles. The van der Waals surface area contributed by atoms with Crippen LogP contribution in [0.15, 0.2) is 0 Å². The largest absolute Gasteiger partial charge is 0.395 e. The van der Waals surface area contributed by atoms with E-state index in [1.807, 2.05) is 18.7 Å². The van der Waals surface area contributed by atoms with Gasteiger partial charge in [0.1, 0.15) is 0 Å². The van der Waals surface area contributed by atoms with Crippen LogP contribution in [0.1, 0.15) is 33.1 Å². The number of hydrogen-bond donors (Lipinski definition) is 2. The molecule has 4 heteroatoms. The van der Waals surface area contributed by atoms with Crippen molar-refractivity contribution in [1.29, 1.82) is 0 Å². The molecule has 0 heterocycles. The Bertz CT molecular complexity index is 201. The van der Waals surface area contributed by atoms with Gasteiger partial charge in [0.15, 0.2) is 0 Å². The van der Waals surface area contributed by atoms with Gasteiger partial charge in [-0.3, -0.25) is 4.79 Å². The van der Waals surface area contributed by atoms with Crippen molar-refractivity contribution < 1.29 is 9.90 Å². The summed E-state index contributed by atoms with van der Waals surface area (Å²) >= 11 is 0. The Morgan fingerprint density at radius 2 is 2.20 bits per heavy atom. The third-order valence-corrected chi connectivity index (χ3v) is 2.90. The first kappa shape index (κ1) is 12.5. The molecule has 1 fully saturated rings. The zero-order valence-electron chi connectivity index (χ0n) is 9.70. The summed E-state index contributed by atoms with van der Waals surface area (Å²) in [5, 5.41) is 12.0. The average Bonchev–Trinajstić information content (AvgIpc) is 3.05. The number of aliphatic hydroxyl groups is 1. The van der Waals surface area contributed by atoms with Gasteiger partial charge in [0.25, 0.3) is 0 Å². The maximum absolute atomic E-state index is 11.8.